The fraction of sp³-hybridized carbons (Fsp3) is 0.200. The van der Waals surface area contributed by atoms with Crippen LogP contribution in [0.3, 0.4) is 0 Å². The molecule has 3 aromatic rings. The summed E-state index contributed by atoms with van der Waals surface area (Å²) in [6, 6.07) is 6.82. The average molecular weight is 726 g/mol. The van der Waals surface area contributed by atoms with Crippen LogP contribution in [-0.4, -0.2) is 37.8 Å². The Hall–Kier alpha value is -3.64. The zero-order valence-corrected chi connectivity index (χ0v) is 22.6. The third kappa shape index (κ3) is 6.39. The van der Waals surface area contributed by atoms with E-state index in [1.807, 2.05) is 5.32 Å². The van der Waals surface area contributed by atoms with Crippen LogP contribution >= 0.6 is 22.6 Å². The molecule has 0 unspecified atom stereocenters. The smallest absolute Gasteiger partial charge is 0.433 e. The van der Waals surface area contributed by atoms with Crippen molar-refractivity contribution in [3.05, 3.63) is 86.5 Å². The first kappa shape index (κ1) is 32.9. The number of carbonyl (C=O) groups excluding carboxylic acids is 2. The molecule has 3 aromatic carbocycles. The fourth-order valence-corrected chi connectivity index (χ4v) is 4.35. The molecular formula is C25H14F11IN2O3. The molecule has 0 saturated carbocycles. The minimum absolute atomic E-state index is 0.00258. The van der Waals surface area contributed by atoms with Crippen LogP contribution in [0.2, 0.25) is 0 Å². The molecule has 0 saturated heterocycles. The van der Waals surface area contributed by atoms with E-state index in [0.29, 0.717) is 0 Å². The molecule has 0 aliphatic heterocycles. The number of halogens is 12. The molecule has 0 bridgehead atoms. The summed E-state index contributed by atoms with van der Waals surface area (Å²) >= 11 is 1.04. The van der Waals surface area contributed by atoms with Crippen LogP contribution in [0.1, 0.15) is 26.3 Å². The molecule has 0 aromatic heterocycles. The number of alkyl halides is 9. The van der Waals surface area contributed by atoms with E-state index in [1.54, 1.807) is 0 Å². The van der Waals surface area contributed by atoms with Crippen LogP contribution in [-0.2, 0) is 5.67 Å². The lowest BCUT2D eigenvalue weighted by Crippen LogP contribution is -2.50. The van der Waals surface area contributed by atoms with Gasteiger partial charge in [-0.3, -0.25) is 9.59 Å². The lowest BCUT2D eigenvalue weighted by molar-refractivity contribution is -0.348. The fourth-order valence-electron chi connectivity index (χ4n) is 3.61. The second-order valence-electron chi connectivity index (χ2n) is 8.33. The van der Waals surface area contributed by atoms with E-state index in [1.165, 1.54) is 0 Å². The van der Waals surface area contributed by atoms with Crippen molar-refractivity contribution in [1.29, 1.82) is 0 Å². The van der Waals surface area contributed by atoms with E-state index in [-0.39, 0.29) is 17.7 Å². The number of nitrogens with zero attached hydrogens (tertiary/aromatic N) is 1. The zero-order chi connectivity index (χ0) is 31.8. The number of ether oxygens (including phenoxy) is 1. The molecule has 3 rings (SSSR count). The maximum absolute atomic E-state index is 15.3. The minimum Gasteiger partial charge on any atom is -0.433 e. The number of hydrogen-bond acceptors (Lipinski definition) is 3. The van der Waals surface area contributed by atoms with Gasteiger partial charge in [0.1, 0.15) is 5.82 Å². The summed E-state index contributed by atoms with van der Waals surface area (Å²) in [5.41, 5.74) is -10.5. The highest BCUT2D eigenvalue weighted by Gasteiger charge is 2.73. The molecule has 1 N–H and O–H groups in total. The van der Waals surface area contributed by atoms with Gasteiger partial charge in [0.05, 0.1) is 16.9 Å². The Kier molecular flexibility index (Phi) is 9.33. The second kappa shape index (κ2) is 11.9. The molecule has 0 aliphatic carbocycles. The summed E-state index contributed by atoms with van der Waals surface area (Å²) in [5.74, 6) is -5.80. The van der Waals surface area contributed by atoms with Crippen molar-refractivity contribution in [3.63, 3.8) is 0 Å². The van der Waals surface area contributed by atoms with Gasteiger partial charge in [0.2, 0.25) is 0 Å². The molecule has 0 fully saturated rings. The van der Waals surface area contributed by atoms with Crippen LogP contribution in [0.25, 0.3) is 0 Å². The second-order valence-corrected chi connectivity index (χ2v) is 9.49. The van der Waals surface area contributed by atoms with Crippen molar-refractivity contribution >= 4 is 45.8 Å². The van der Waals surface area contributed by atoms with Gasteiger partial charge >= 0.3 is 24.6 Å². The van der Waals surface area contributed by atoms with Crippen LogP contribution < -0.4 is 15.0 Å². The molecule has 0 atom stereocenters. The van der Waals surface area contributed by atoms with Crippen LogP contribution in [0, 0.1) is 15.2 Å². The topological polar surface area (TPSA) is 58.6 Å². The highest BCUT2D eigenvalue weighted by atomic mass is 127. The van der Waals surface area contributed by atoms with Crippen LogP contribution in [0.15, 0.2) is 54.6 Å². The highest BCUT2D eigenvalue weighted by molar-refractivity contribution is 14.1. The van der Waals surface area contributed by atoms with Crippen molar-refractivity contribution in [2.75, 3.05) is 17.3 Å². The molecule has 0 aliphatic rings. The molecule has 17 heteroatoms. The SMILES string of the molecule is CN(C(=O)c1ccc(F)cc1)c1cccc(C(=O)Nc2c(I)cc(C(F)(C(F)(F)F)C(F)(F)F)cc2OC(F)F)c1F. The van der Waals surface area contributed by atoms with E-state index in [9.17, 15) is 53.5 Å². The molecular weight excluding hydrogens is 712 g/mol. The van der Waals surface area contributed by atoms with Crippen molar-refractivity contribution < 1.29 is 62.6 Å². The quantitative estimate of drug-likeness (QED) is 0.199. The summed E-state index contributed by atoms with van der Waals surface area (Å²) in [7, 11) is 1.10. The molecule has 0 radical (unpaired) electrons. The Bertz CT molecular complexity index is 1480. The normalized spacial score (nSPS) is 12.3. The maximum atomic E-state index is 15.3. The summed E-state index contributed by atoms with van der Waals surface area (Å²) in [6.07, 6.45) is -13.2. The van der Waals surface area contributed by atoms with Crippen molar-refractivity contribution in [3.8, 4) is 5.75 Å². The highest BCUT2D eigenvalue weighted by Crippen LogP contribution is 2.54. The largest absolute Gasteiger partial charge is 0.435 e. The standard InChI is InChI=1S/C25H14F11IN2O3/c1-39(21(41)11-5-7-13(26)8-6-11)16-4-2-3-14(18(16)27)20(40)38-19-15(37)9-12(10-17(19)42-22(28)29)23(30,24(31,32)33)25(34,35)36/h2-10,22H,1H3,(H,38,40). The van der Waals surface area contributed by atoms with E-state index in [4.69, 9.17) is 0 Å². The minimum atomic E-state index is -6.58. The van der Waals surface area contributed by atoms with Gasteiger partial charge in [0, 0.05) is 21.7 Å². The Morgan fingerprint density at radius 3 is 2.00 bits per heavy atom. The first-order chi connectivity index (χ1) is 19.3. The van der Waals surface area contributed by atoms with Gasteiger partial charge in [-0.15, -0.1) is 0 Å². The van der Waals surface area contributed by atoms with E-state index in [2.05, 4.69) is 4.74 Å². The third-order valence-corrected chi connectivity index (χ3v) is 6.52. The molecule has 42 heavy (non-hydrogen) atoms. The zero-order valence-electron chi connectivity index (χ0n) is 20.5. The summed E-state index contributed by atoms with van der Waals surface area (Å²) in [4.78, 5) is 26.3. The molecule has 0 spiro atoms. The van der Waals surface area contributed by atoms with Crippen molar-refractivity contribution in [1.82, 2.24) is 0 Å². The van der Waals surface area contributed by atoms with Gasteiger partial charge in [-0.05, 0) is 71.1 Å². The molecule has 2 amide bonds. The molecule has 0 heterocycles. The van der Waals surface area contributed by atoms with Gasteiger partial charge < -0.3 is 15.0 Å². The summed E-state index contributed by atoms with van der Waals surface area (Å²) in [5, 5.41) is 1.86. The van der Waals surface area contributed by atoms with Crippen LogP contribution in [0.5, 0.6) is 5.75 Å². The molecule has 226 valence electrons. The number of rotatable bonds is 7. The van der Waals surface area contributed by atoms with Gasteiger partial charge in [0.25, 0.3) is 11.8 Å². The Balaban J connectivity index is 2.04. The number of benzene rings is 3. The monoisotopic (exact) mass is 726 g/mol. The Labute approximate surface area is 242 Å². The van der Waals surface area contributed by atoms with E-state index >= 15 is 4.39 Å². The third-order valence-electron chi connectivity index (χ3n) is 5.67. The summed E-state index contributed by atoms with van der Waals surface area (Å²) < 4.78 is 152. The molecule has 5 nitrogen and oxygen atoms in total. The van der Waals surface area contributed by atoms with Crippen LogP contribution in [0.4, 0.5) is 59.7 Å². The summed E-state index contributed by atoms with van der Waals surface area (Å²) in [6.45, 7) is -3.86. The number of anilines is 2. The number of hydrogen-bond donors (Lipinski definition) is 1. The van der Waals surface area contributed by atoms with Gasteiger partial charge in [-0.2, -0.15) is 35.1 Å². The number of carbonyl (C=O) groups is 2. The number of amides is 2. The Morgan fingerprint density at radius 1 is 0.905 bits per heavy atom. The maximum Gasteiger partial charge on any atom is 0.435 e. The Morgan fingerprint density at radius 2 is 1.48 bits per heavy atom. The van der Waals surface area contributed by atoms with Crippen molar-refractivity contribution in [2.45, 2.75) is 24.6 Å². The number of nitrogens with one attached hydrogen (secondary N) is 1. The first-order valence-corrected chi connectivity index (χ1v) is 12.1. The predicted octanol–water partition coefficient (Wildman–Crippen LogP) is 7.99. The van der Waals surface area contributed by atoms with Gasteiger partial charge in [0.15, 0.2) is 11.6 Å². The van der Waals surface area contributed by atoms with Crippen molar-refractivity contribution in [2.24, 2.45) is 0 Å². The van der Waals surface area contributed by atoms with E-state index in [0.717, 1.165) is 77.0 Å². The first-order valence-electron chi connectivity index (χ1n) is 11.0. The van der Waals surface area contributed by atoms with Gasteiger partial charge in [-0.25, -0.2) is 13.2 Å². The average Bonchev–Trinajstić information content (AvgIpc) is 2.88. The van der Waals surface area contributed by atoms with E-state index < -0.39 is 79.9 Å². The lowest BCUT2D eigenvalue weighted by Gasteiger charge is -2.31. The van der Waals surface area contributed by atoms with Gasteiger partial charge in [-0.1, -0.05) is 6.07 Å². The lowest BCUT2D eigenvalue weighted by atomic mass is 9.93. The predicted molar refractivity (Wildman–Crippen MR) is 134 cm³/mol.